The van der Waals surface area contributed by atoms with Gasteiger partial charge in [-0.15, -0.1) is 11.8 Å². The number of anilines is 1. The summed E-state index contributed by atoms with van der Waals surface area (Å²) in [4.78, 5) is 23.4. The number of ether oxygens (including phenoxy) is 1. The van der Waals surface area contributed by atoms with Gasteiger partial charge in [-0.25, -0.2) is 0 Å². The number of hydrogen-bond acceptors (Lipinski definition) is 5. The number of benzene rings is 1. The van der Waals surface area contributed by atoms with Gasteiger partial charge in [0.25, 0.3) is 0 Å². The molecule has 1 amide bonds. The van der Waals surface area contributed by atoms with Gasteiger partial charge in [0, 0.05) is 11.4 Å². The highest BCUT2D eigenvalue weighted by Gasteiger charge is 2.20. The summed E-state index contributed by atoms with van der Waals surface area (Å²) >= 11 is 1.16. The van der Waals surface area contributed by atoms with Gasteiger partial charge in [-0.1, -0.05) is 18.2 Å². The van der Waals surface area contributed by atoms with Crippen LogP contribution in [0.15, 0.2) is 30.3 Å². The lowest BCUT2D eigenvalue weighted by molar-refractivity contribution is -0.137. The number of carbonyl (C=O) groups is 2. The summed E-state index contributed by atoms with van der Waals surface area (Å²) in [5.74, 6) is -0.00697. The Kier molecular flexibility index (Phi) is 6.25. The highest BCUT2D eigenvalue weighted by atomic mass is 32.2. The van der Waals surface area contributed by atoms with Crippen molar-refractivity contribution in [2.24, 2.45) is 0 Å². The number of rotatable bonds is 6. The van der Waals surface area contributed by atoms with Crippen molar-refractivity contribution in [3.05, 3.63) is 47.2 Å². The fourth-order valence-corrected chi connectivity index (χ4v) is 3.06. The molecule has 0 spiro atoms. The zero-order valence-corrected chi connectivity index (χ0v) is 15.1. The minimum atomic E-state index is -0.380. The van der Waals surface area contributed by atoms with Gasteiger partial charge in [0.15, 0.2) is 0 Å². The van der Waals surface area contributed by atoms with E-state index in [4.69, 9.17) is 0 Å². The molecule has 0 aliphatic rings. The van der Waals surface area contributed by atoms with E-state index in [0.29, 0.717) is 11.4 Å². The Balaban J connectivity index is 2.28. The molecule has 0 unspecified atom stereocenters. The first-order valence-corrected chi connectivity index (χ1v) is 8.76. The van der Waals surface area contributed by atoms with Crippen LogP contribution in [0.25, 0.3) is 5.69 Å². The molecule has 25 heavy (non-hydrogen) atoms. The molecular formula is C18H19N3O3S. The van der Waals surface area contributed by atoms with E-state index in [1.165, 1.54) is 7.11 Å². The largest absolute Gasteiger partial charge is 0.468 e. The van der Waals surface area contributed by atoms with Crippen LogP contribution in [-0.2, 0) is 14.3 Å². The van der Waals surface area contributed by atoms with E-state index in [9.17, 15) is 14.9 Å². The smallest absolute Gasteiger partial charge is 0.315 e. The topological polar surface area (TPSA) is 84.1 Å². The molecule has 0 aliphatic heterocycles. The number of carbonyl (C=O) groups excluding carboxylic acids is 2. The van der Waals surface area contributed by atoms with E-state index in [0.717, 1.165) is 28.7 Å². The third-order valence-corrected chi connectivity index (χ3v) is 4.68. The van der Waals surface area contributed by atoms with Crippen LogP contribution in [-0.4, -0.2) is 35.1 Å². The lowest BCUT2D eigenvalue weighted by atomic mass is 10.2. The quantitative estimate of drug-likeness (QED) is 0.804. The van der Waals surface area contributed by atoms with Crippen molar-refractivity contribution in [3.8, 4) is 11.8 Å². The average molecular weight is 357 g/mol. The molecule has 0 saturated carbocycles. The fourth-order valence-electron chi connectivity index (χ4n) is 2.41. The third kappa shape index (κ3) is 4.22. The van der Waals surface area contributed by atoms with Crippen LogP contribution in [0.3, 0.4) is 0 Å². The van der Waals surface area contributed by atoms with E-state index in [1.807, 2.05) is 48.7 Å². The van der Waals surface area contributed by atoms with Gasteiger partial charge in [-0.2, -0.15) is 5.26 Å². The minimum Gasteiger partial charge on any atom is -0.468 e. The number of aromatic nitrogens is 1. The first-order valence-electron chi connectivity index (χ1n) is 7.61. The molecule has 2 rings (SSSR count). The van der Waals surface area contributed by atoms with Crippen LogP contribution in [0.5, 0.6) is 0 Å². The summed E-state index contributed by atoms with van der Waals surface area (Å²) in [7, 11) is 1.31. The second-order valence-electron chi connectivity index (χ2n) is 5.33. The van der Waals surface area contributed by atoms with Gasteiger partial charge in [0.05, 0.1) is 24.2 Å². The van der Waals surface area contributed by atoms with E-state index in [-0.39, 0.29) is 23.4 Å². The zero-order chi connectivity index (χ0) is 18.4. The number of amides is 1. The van der Waals surface area contributed by atoms with Gasteiger partial charge in [-0.3, -0.25) is 14.2 Å². The second-order valence-corrected chi connectivity index (χ2v) is 6.32. The number of methoxy groups -OCH3 is 1. The molecular weight excluding hydrogens is 338 g/mol. The minimum absolute atomic E-state index is 0.0953. The number of esters is 1. The van der Waals surface area contributed by atoms with Gasteiger partial charge in [0.2, 0.25) is 5.91 Å². The summed E-state index contributed by atoms with van der Waals surface area (Å²) in [5.41, 5.74) is 3.01. The van der Waals surface area contributed by atoms with Crippen molar-refractivity contribution in [1.29, 1.82) is 5.26 Å². The van der Waals surface area contributed by atoms with Gasteiger partial charge in [-0.05, 0) is 31.5 Å². The predicted molar refractivity (Wildman–Crippen MR) is 97.9 cm³/mol. The number of para-hydroxylation sites is 1. The van der Waals surface area contributed by atoms with E-state index in [1.54, 1.807) is 0 Å². The fraction of sp³-hybridized carbons (Fsp3) is 0.278. The summed E-state index contributed by atoms with van der Waals surface area (Å²) in [6.07, 6.45) is 0. The molecule has 1 aromatic carbocycles. The van der Waals surface area contributed by atoms with Crippen LogP contribution in [0.2, 0.25) is 0 Å². The molecule has 0 fully saturated rings. The van der Waals surface area contributed by atoms with Gasteiger partial charge < -0.3 is 10.1 Å². The number of thioether (sulfide) groups is 1. The van der Waals surface area contributed by atoms with E-state index < -0.39 is 0 Å². The molecule has 1 N–H and O–H groups in total. The third-order valence-electron chi connectivity index (χ3n) is 3.78. The van der Waals surface area contributed by atoms with Crippen molar-refractivity contribution >= 4 is 29.5 Å². The monoisotopic (exact) mass is 357 g/mol. The maximum absolute atomic E-state index is 12.2. The highest BCUT2D eigenvalue weighted by molar-refractivity contribution is 8.00. The molecule has 7 heteroatoms. The van der Waals surface area contributed by atoms with Crippen molar-refractivity contribution < 1.29 is 14.3 Å². The molecule has 2 aromatic rings. The molecule has 0 radical (unpaired) electrons. The van der Waals surface area contributed by atoms with Crippen molar-refractivity contribution in [3.63, 3.8) is 0 Å². The molecule has 0 saturated heterocycles. The van der Waals surface area contributed by atoms with Crippen LogP contribution < -0.4 is 5.32 Å². The SMILES string of the molecule is COC(=O)CSCC(=O)Nc1c(C#N)c(C)c(C)n1-c1ccccc1. The van der Waals surface area contributed by atoms with E-state index >= 15 is 0 Å². The predicted octanol–water partition coefficient (Wildman–Crippen LogP) is 2.81. The Morgan fingerprint density at radius 1 is 1.24 bits per heavy atom. The van der Waals surface area contributed by atoms with Crippen molar-refractivity contribution in [1.82, 2.24) is 4.57 Å². The van der Waals surface area contributed by atoms with Crippen LogP contribution in [0.1, 0.15) is 16.8 Å². The molecule has 0 atom stereocenters. The number of hydrogen-bond donors (Lipinski definition) is 1. The standard InChI is InChI=1S/C18H19N3O3S/c1-12-13(2)21(14-7-5-4-6-8-14)18(15(12)9-19)20-16(22)10-25-11-17(23)24-3/h4-8H,10-11H2,1-3H3,(H,20,22). The first-order chi connectivity index (χ1) is 12.0. The Morgan fingerprint density at radius 2 is 1.92 bits per heavy atom. The molecule has 130 valence electrons. The zero-order valence-electron chi connectivity index (χ0n) is 14.3. The van der Waals surface area contributed by atoms with Crippen LogP contribution >= 0.6 is 11.8 Å². The van der Waals surface area contributed by atoms with Crippen LogP contribution in [0, 0.1) is 25.2 Å². The highest BCUT2D eigenvalue weighted by Crippen LogP contribution is 2.29. The molecule has 1 heterocycles. The lowest BCUT2D eigenvalue weighted by Gasteiger charge is -2.13. The van der Waals surface area contributed by atoms with E-state index in [2.05, 4.69) is 16.1 Å². The van der Waals surface area contributed by atoms with Crippen molar-refractivity contribution in [2.45, 2.75) is 13.8 Å². The lowest BCUT2D eigenvalue weighted by Crippen LogP contribution is -2.18. The molecule has 0 bridgehead atoms. The Morgan fingerprint density at radius 3 is 2.52 bits per heavy atom. The van der Waals surface area contributed by atoms with Crippen molar-refractivity contribution in [2.75, 3.05) is 23.9 Å². The van der Waals surface area contributed by atoms with Gasteiger partial charge >= 0.3 is 5.97 Å². The number of nitrogens with one attached hydrogen (secondary N) is 1. The molecule has 0 aliphatic carbocycles. The number of nitriles is 1. The Hall–Kier alpha value is -2.72. The Labute approximate surface area is 150 Å². The van der Waals surface area contributed by atoms with Gasteiger partial charge in [0.1, 0.15) is 11.9 Å². The average Bonchev–Trinajstić information content (AvgIpc) is 2.85. The summed E-state index contributed by atoms with van der Waals surface area (Å²) in [6.45, 7) is 3.76. The summed E-state index contributed by atoms with van der Waals surface area (Å²) < 4.78 is 6.40. The maximum Gasteiger partial charge on any atom is 0.315 e. The second kappa shape index (κ2) is 8.40. The summed E-state index contributed by atoms with van der Waals surface area (Å²) in [6, 6.07) is 11.7. The van der Waals surface area contributed by atoms with Crippen LogP contribution in [0.4, 0.5) is 5.82 Å². The summed E-state index contributed by atoms with van der Waals surface area (Å²) in [5, 5.41) is 12.3. The molecule has 6 nitrogen and oxygen atoms in total. The first kappa shape index (κ1) is 18.6. The Bertz CT molecular complexity index is 822. The normalized spacial score (nSPS) is 10.2. The number of nitrogens with zero attached hydrogens (tertiary/aromatic N) is 2. The maximum atomic E-state index is 12.2. The molecule has 1 aromatic heterocycles.